The lowest BCUT2D eigenvalue weighted by Crippen LogP contribution is -2.30. The molecule has 0 aliphatic carbocycles. The summed E-state index contributed by atoms with van der Waals surface area (Å²) in [6.07, 6.45) is 49.5. The van der Waals surface area contributed by atoms with Crippen molar-refractivity contribution in [2.24, 2.45) is 0 Å². The predicted octanol–water partition coefficient (Wildman–Crippen LogP) is 14.4. The summed E-state index contributed by atoms with van der Waals surface area (Å²) < 4.78 is 16.7. The summed E-state index contributed by atoms with van der Waals surface area (Å²) in [5.41, 5.74) is 0. The standard InChI is InChI=1S/C48H84O6/c1-4-7-10-13-16-19-22-23-24-25-27-29-32-35-38-41-47(50)53-44-45(43-52-46(49)40-37-34-31-28-21-18-15-12-9-6-3)54-48(51)42-39-36-33-30-26-20-17-14-11-8-5-2/h7,10,16,19,23-24,27,29,45H,4-6,8-9,11-15,17-18,20-22,25-26,28,30-44H2,1-3H3/b10-7-,19-16-,24-23-,29-27-. The number of carbonyl (C=O) groups is 3. The van der Waals surface area contributed by atoms with E-state index >= 15 is 0 Å². The lowest BCUT2D eigenvalue weighted by atomic mass is 10.1. The summed E-state index contributed by atoms with van der Waals surface area (Å²) in [5, 5.41) is 0. The molecule has 1 unspecified atom stereocenters. The van der Waals surface area contributed by atoms with Crippen LogP contribution in [0.4, 0.5) is 0 Å². The van der Waals surface area contributed by atoms with Crippen LogP contribution in [0, 0.1) is 0 Å². The van der Waals surface area contributed by atoms with Crippen molar-refractivity contribution in [3.63, 3.8) is 0 Å². The Labute approximate surface area is 333 Å². The Balaban J connectivity index is 4.42. The molecule has 54 heavy (non-hydrogen) atoms. The van der Waals surface area contributed by atoms with E-state index < -0.39 is 6.10 Å². The number of rotatable bonds is 40. The van der Waals surface area contributed by atoms with Crippen molar-refractivity contribution in [1.82, 2.24) is 0 Å². The van der Waals surface area contributed by atoms with Gasteiger partial charge < -0.3 is 14.2 Å². The third-order valence-electron chi connectivity index (χ3n) is 9.60. The summed E-state index contributed by atoms with van der Waals surface area (Å²) in [4.78, 5) is 37.7. The van der Waals surface area contributed by atoms with Gasteiger partial charge in [-0.3, -0.25) is 14.4 Å². The molecule has 0 aromatic heterocycles. The minimum atomic E-state index is -0.782. The van der Waals surface area contributed by atoms with Crippen molar-refractivity contribution in [3.05, 3.63) is 48.6 Å². The van der Waals surface area contributed by atoms with Gasteiger partial charge in [0.15, 0.2) is 6.10 Å². The van der Waals surface area contributed by atoms with Gasteiger partial charge in [-0.25, -0.2) is 0 Å². The molecule has 0 saturated heterocycles. The molecule has 1 atom stereocenters. The highest BCUT2D eigenvalue weighted by atomic mass is 16.6. The molecule has 0 heterocycles. The fourth-order valence-electron chi connectivity index (χ4n) is 6.20. The molecule has 0 radical (unpaired) electrons. The Morgan fingerprint density at radius 3 is 1.13 bits per heavy atom. The van der Waals surface area contributed by atoms with E-state index in [2.05, 4.69) is 69.4 Å². The Morgan fingerprint density at radius 1 is 0.389 bits per heavy atom. The van der Waals surface area contributed by atoms with Gasteiger partial charge in [0.1, 0.15) is 13.2 Å². The van der Waals surface area contributed by atoms with Gasteiger partial charge in [-0.05, 0) is 57.8 Å². The Bertz CT molecular complexity index is 964. The van der Waals surface area contributed by atoms with Gasteiger partial charge in [-0.2, -0.15) is 0 Å². The minimum Gasteiger partial charge on any atom is -0.462 e. The van der Waals surface area contributed by atoms with Crippen LogP contribution in [0.1, 0.15) is 220 Å². The van der Waals surface area contributed by atoms with E-state index in [1.807, 2.05) is 0 Å². The lowest BCUT2D eigenvalue weighted by Gasteiger charge is -2.18. The third-order valence-corrected chi connectivity index (χ3v) is 9.60. The zero-order chi connectivity index (χ0) is 39.4. The van der Waals surface area contributed by atoms with Crippen LogP contribution in [-0.4, -0.2) is 37.2 Å². The monoisotopic (exact) mass is 757 g/mol. The van der Waals surface area contributed by atoms with Crippen LogP contribution in [0.3, 0.4) is 0 Å². The molecular weight excluding hydrogens is 673 g/mol. The van der Waals surface area contributed by atoms with Crippen molar-refractivity contribution in [1.29, 1.82) is 0 Å². The molecule has 0 bridgehead atoms. The SMILES string of the molecule is CC/C=C\C/C=C\C/C=C\C/C=C\CCCCC(=O)OCC(COC(=O)CCCCCCCCCCCC)OC(=O)CCCCCCCCCCCCC. The van der Waals surface area contributed by atoms with Crippen LogP contribution in [0.25, 0.3) is 0 Å². The topological polar surface area (TPSA) is 78.9 Å². The van der Waals surface area contributed by atoms with Crippen LogP contribution in [0.5, 0.6) is 0 Å². The van der Waals surface area contributed by atoms with Gasteiger partial charge in [-0.1, -0.05) is 191 Å². The normalized spacial score (nSPS) is 12.4. The van der Waals surface area contributed by atoms with Crippen molar-refractivity contribution in [2.45, 2.75) is 226 Å². The number of esters is 3. The van der Waals surface area contributed by atoms with E-state index in [-0.39, 0.29) is 31.1 Å². The Kier molecular flexibility index (Phi) is 41.0. The molecule has 0 saturated carbocycles. The summed E-state index contributed by atoms with van der Waals surface area (Å²) in [6.45, 7) is 6.46. The van der Waals surface area contributed by atoms with E-state index in [9.17, 15) is 14.4 Å². The average Bonchev–Trinajstić information content (AvgIpc) is 3.17. The molecule has 312 valence electrons. The zero-order valence-electron chi connectivity index (χ0n) is 35.5. The molecule has 0 aliphatic rings. The molecule has 0 fully saturated rings. The first-order valence-corrected chi connectivity index (χ1v) is 22.6. The average molecular weight is 757 g/mol. The second-order valence-corrected chi connectivity index (χ2v) is 14.9. The summed E-state index contributed by atoms with van der Waals surface area (Å²) in [5.74, 6) is -0.929. The molecule has 0 amide bonds. The highest BCUT2D eigenvalue weighted by molar-refractivity contribution is 5.71. The third kappa shape index (κ3) is 40.6. The fourth-order valence-corrected chi connectivity index (χ4v) is 6.20. The van der Waals surface area contributed by atoms with Crippen LogP contribution < -0.4 is 0 Å². The maximum absolute atomic E-state index is 12.7. The number of hydrogen-bond acceptors (Lipinski definition) is 6. The van der Waals surface area contributed by atoms with Gasteiger partial charge in [0.25, 0.3) is 0 Å². The molecule has 6 nitrogen and oxygen atoms in total. The first-order valence-electron chi connectivity index (χ1n) is 22.6. The maximum atomic E-state index is 12.7. The quantitative estimate of drug-likeness (QED) is 0.0268. The van der Waals surface area contributed by atoms with Gasteiger partial charge in [0.2, 0.25) is 0 Å². The van der Waals surface area contributed by atoms with Crippen molar-refractivity contribution < 1.29 is 28.6 Å². The number of hydrogen-bond donors (Lipinski definition) is 0. The first-order chi connectivity index (χ1) is 26.5. The van der Waals surface area contributed by atoms with Gasteiger partial charge in [0, 0.05) is 19.3 Å². The summed E-state index contributed by atoms with van der Waals surface area (Å²) >= 11 is 0. The molecule has 0 aromatic rings. The maximum Gasteiger partial charge on any atom is 0.306 e. The van der Waals surface area contributed by atoms with E-state index in [0.717, 1.165) is 83.5 Å². The second kappa shape index (κ2) is 43.1. The van der Waals surface area contributed by atoms with Crippen molar-refractivity contribution in [2.75, 3.05) is 13.2 Å². The molecule has 0 spiro atoms. The van der Waals surface area contributed by atoms with E-state index in [1.165, 1.54) is 96.3 Å². The van der Waals surface area contributed by atoms with Crippen molar-refractivity contribution in [3.8, 4) is 0 Å². The molecular formula is C48H84O6. The predicted molar refractivity (Wildman–Crippen MR) is 229 cm³/mol. The van der Waals surface area contributed by atoms with E-state index in [4.69, 9.17) is 14.2 Å². The van der Waals surface area contributed by atoms with Gasteiger partial charge >= 0.3 is 17.9 Å². The second-order valence-electron chi connectivity index (χ2n) is 14.9. The molecule has 0 N–H and O–H groups in total. The van der Waals surface area contributed by atoms with Crippen LogP contribution in [0.15, 0.2) is 48.6 Å². The Hall–Kier alpha value is -2.63. The molecule has 0 rings (SSSR count). The summed E-state index contributed by atoms with van der Waals surface area (Å²) in [6, 6.07) is 0. The number of carbonyl (C=O) groups excluding carboxylic acids is 3. The Morgan fingerprint density at radius 2 is 0.722 bits per heavy atom. The highest BCUT2D eigenvalue weighted by Gasteiger charge is 2.19. The molecule has 0 aromatic carbocycles. The van der Waals surface area contributed by atoms with Crippen LogP contribution >= 0.6 is 0 Å². The zero-order valence-corrected chi connectivity index (χ0v) is 35.5. The van der Waals surface area contributed by atoms with Crippen molar-refractivity contribution >= 4 is 17.9 Å². The van der Waals surface area contributed by atoms with Crippen LogP contribution in [0.2, 0.25) is 0 Å². The number of ether oxygens (including phenoxy) is 3. The van der Waals surface area contributed by atoms with Crippen LogP contribution in [-0.2, 0) is 28.6 Å². The van der Waals surface area contributed by atoms with E-state index in [0.29, 0.717) is 19.3 Å². The fraction of sp³-hybridized carbons (Fsp3) is 0.771. The highest BCUT2D eigenvalue weighted by Crippen LogP contribution is 2.14. The number of allylic oxidation sites excluding steroid dienone is 8. The van der Waals surface area contributed by atoms with E-state index in [1.54, 1.807) is 0 Å². The van der Waals surface area contributed by atoms with Gasteiger partial charge in [-0.15, -0.1) is 0 Å². The largest absolute Gasteiger partial charge is 0.462 e. The summed E-state index contributed by atoms with van der Waals surface area (Å²) in [7, 11) is 0. The minimum absolute atomic E-state index is 0.0836. The molecule has 0 aliphatic heterocycles. The molecule has 6 heteroatoms. The number of unbranched alkanes of at least 4 members (excludes halogenated alkanes) is 21. The smallest absolute Gasteiger partial charge is 0.306 e. The lowest BCUT2D eigenvalue weighted by molar-refractivity contribution is -0.167. The van der Waals surface area contributed by atoms with Gasteiger partial charge in [0.05, 0.1) is 0 Å². The first kappa shape index (κ1) is 51.4.